The SMILES string of the molecule is c1ccc(-c2cc(-c3ccccc3)cc(N(c3ccccc3-c3cccc(-c4cccc5c4c4ccccc4n5-c4ccccc4)c3)c3cccc4ccccc34)c2)cc1. The van der Waals surface area contributed by atoms with Crippen LogP contribution in [-0.2, 0) is 0 Å². The fourth-order valence-corrected chi connectivity index (χ4v) is 9.03. The van der Waals surface area contributed by atoms with Gasteiger partial charge in [0, 0.05) is 33.1 Å². The summed E-state index contributed by atoms with van der Waals surface area (Å²) < 4.78 is 2.39. The van der Waals surface area contributed by atoms with E-state index in [2.05, 4.69) is 252 Å². The molecule has 0 unspecified atom stereocenters. The second kappa shape index (κ2) is 15.1. The van der Waals surface area contributed by atoms with Crippen LogP contribution in [0.4, 0.5) is 17.1 Å². The van der Waals surface area contributed by atoms with Gasteiger partial charge in [-0.15, -0.1) is 0 Å². The van der Waals surface area contributed by atoms with Crippen molar-refractivity contribution >= 4 is 49.6 Å². The summed E-state index contributed by atoms with van der Waals surface area (Å²) in [7, 11) is 0. The third-order valence-electron chi connectivity index (χ3n) is 11.7. The van der Waals surface area contributed by atoms with E-state index in [1.54, 1.807) is 0 Å². The normalized spacial score (nSPS) is 11.3. The summed E-state index contributed by atoms with van der Waals surface area (Å²) in [5, 5.41) is 4.89. The van der Waals surface area contributed by atoms with Crippen LogP contribution in [0.2, 0.25) is 0 Å². The van der Waals surface area contributed by atoms with Gasteiger partial charge < -0.3 is 9.47 Å². The lowest BCUT2D eigenvalue weighted by atomic mass is 9.94. The van der Waals surface area contributed by atoms with Crippen LogP contribution in [0.15, 0.2) is 243 Å². The Balaban J connectivity index is 1.13. The number of fused-ring (bicyclic) bond motifs is 4. The Bertz CT molecular complexity index is 3250. The van der Waals surface area contributed by atoms with Gasteiger partial charge in [-0.3, -0.25) is 0 Å². The van der Waals surface area contributed by atoms with Crippen LogP contribution in [0, 0.1) is 0 Å². The standard InChI is InChI=1S/C58H40N2/c1-4-19-41(20-5-1)46-38-47(42-21-6-2-7-22-42)40-49(39-46)60(55-35-17-24-43-23-10-11-29-50(43)55)54-33-14-12-30-51(54)44-25-16-26-45(37-44)52-32-18-36-57-58(52)53-31-13-15-34-56(53)59(57)48-27-8-3-9-28-48/h1-40H. The third-order valence-corrected chi connectivity index (χ3v) is 11.7. The number of aromatic nitrogens is 1. The van der Waals surface area contributed by atoms with E-state index in [1.165, 1.54) is 66.0 Å². The van der Waals surface area contributed by atoms with Crippen LogP contribution >= 0.6 is 0 Å². The molecule has 11 rings (SSSR count). The Kier molecular flexibility index (Phi) is 8.87. The summed E-state index contributed by atoms with van der Waals surface area (Å²) in [6, 6.07) is 88.0. The lowest BCUT2D eigenvalue weighted by Gasteiger charge is -2.30. The Morgan fingerprint density at radius 1 is 0.300 bits per heavy atom. The maximum atomic E-state index is 2.47. The summed E-state index contributed by atoms with van der Waals surface area (Å²) in [6.45, 7) is 0. The Hall–Kier alpha value is -7.94. The Morgan fingerprint density at radius 3 is 1.53 bits per heavy atom. The van der Waals surface area contributed by atoms with Crippen LogP contribution in [-0.4, -0.2) is 4.57 Å². The van der Waals surface area contributed by atoms with Crippen molar-refractivity contribution in [3.8, 4) is 50.2 Å². The van der Waals surface area contributed by atoms with Gasteiger partial charge in [0.15, 0.2) is 0 Å². The van der Waals surface area contributed by atoms with Crippen molar-refractivity contribution in [3.05, 3.63) is 243 Å². The van der Waals surface area contributed by atoms with E-state index in [-0.39, 0.29) is 0 Å². The maximum Gasteiger partial charge on any atom is 0.0547 e. The lowest BCUT2D eigenvalue weighted by Crippen LogP contribution is -2.12. The second-order valence-electron chi connectivity index (χ2n) is 15.3. The molecular formula is C58H40N2. The molecule has 0 spiro atoms. The summed E-state index contributed by atoms with van der Waals surface area (Å²) in [5.74, 6) is 0. The molecule has 0 saturated heterocycles. The first kappa shape index (κ1) is 35.2. The first-order valence-electron chi connectivity index (χ1n) is 20.6. The number of anilines is 3. The van der Waals surface area contributed by atoms with Crippen molar-refractivity contribution in [2.75, 3.05) is 4.90 Å². The molecule has 2 heteroatoms. The molecule has 0 bridgehead atoms. The smallest absolute Gasteiger partial charge is 0.0547 e. The molecule has 0 amide bonds. The number of hydrogen-bond donors (Lipinski definition) is 0. The summed E-state index contributed by atoms with van der Waals surface area (Å²) in [4.78, 5) is 2.47. The van der Waals surface area contributed by atoms with Crippen LogP contribution in [0.5, 0.6) is 0 Å². The zero-order chi connectivity index (χ0) is 39.8. The minimum atomic E-state index is 1.09. The van der Waals surface area contributed by atoms with Crippen LogP contribution in [0.1, 0.15) is 0 Å². The monoisotopic (exact) mass is 764 g/mol. The number of hydrogen-bond acceptors (Lipinski definition) is 1. The van der Waals surface area contributed by atoms with Crippen molar-refractivity contribution < 1.29 is 0 Å². The topological polar surface area (TPSA) is 8.17 Å². The number of benzene rings is 10. The van der Waals surface area contributed by atoms with E-state index >= 15 is 0 Å². The van der Waals surface area contributed by atoms with E-state index in [1.807, 2.05) is 0 Å². The van der Waals surface area contributed by atoms with Crippen molar-refractivity contribution in [2.24, 2.45) is 0 Å². The van der Waals surface area contributed by atoms with E-state index in [4.69, 9.17) is 0 Å². The van der Waals surface area contributed by atoms with Gasteiger partial charge in [-0.1, -0.05) is 182 Å². The van der Waals surface area contributed by atoms with Crippen molar-refractivity contribution in [3.63, 3.8) is 0 Å². The fraction of sp³-hybridized carbons (Fsp3) is 0. The van der Waals surface area contributed by atoms with Gasteiger partial charge in [0.1, 0.15) is 0 Å². The van der Waals surface area contributed by atoms with Crippen LogP contribution in [0.25, 0.3) is 82.8 Å². The molecule has 0 radical (unpaired) electrons. The van der Waals surface area contributed by atoms with Gasteiger partial charge in [-0.2, -0.15) is 0 Å². The highest BCUT2D eigenvalue weighted by Gasteiger charge is 2.22. The molecule has 0 N–H and O–H groups in total. The first-order valence-corrected chi connectivity index (χ1v) is 20.6. The van der Waals surface area contributed by atoms with Crippen molar-refractivity contribution in [2.45, 2.75) is 0 Å². The molecule has 60 heavy (non-hydrogen) atoms. The quantitative estimate of drug-likeness (QED) is 0.150. The molecular weight excluding hydrogens is 725 g/mol. The van der Waals surface area contributed by atoms with Gasteiger partial charge in [0.05, 0.1) is 22.4 Å². The summed E-state index contributed by atoms with van der Waals surface area (Å²) in [6.07, 6.45) is 0. The zero-order valence-corrected chi connectivity index (χ0v) is 33.0. The highest BCUT2D eigenvalue weighted by Crippen LogP contribution is 2.46. The third kappa shape index (κ3) is 6.23. The summed E-state index contributed by atoms with van der Waals surface area (Å²) in [5.41, 5.74) is 16.3. The molecule has 1 aromatic heterocycles. The fourth-order valence-electron chi connectivity index (χ4n) is 9.03. The van der Waals surface area contributed by atoms with Crippen LogP contribution in [0.3, 0.4) is 0 Å². The molecule has 1 heterocycles. The van der Waals surface area contributed by atoms with Gasteiger partial charge >= 0.3 is 0 Å². The average molecular weight is 765 g/mol. The molecule has 0 atom stereocenters. The number of para-hydroxylation sites is 3. The van der Waals surface area contributed by atoms with Crippen molar-refractivity contribution in [1.29, 1.82) is 0 Å². The van der Waals surface area contributed by atoms with E-state index < -0.39 is 0 Å². The minimum Gasteiger partial charge on any atom is -0.309 e. The number of rotatable bonds is 8. The number of nitrogens with zero attached hydrogens (tertiary/aromatic N) is 2. The largest absolute Gasteiger partial charge is 0.309 e. The van der Waals surface area contributed by atoms with Gasteiger partial charge in [0.2, 0.25) is 0 Å². The highest BCUT2D eigenvalue weighted by molar-refractivity contribution is 6.16. The molecule has 0 aliphatic carbocycles. The van der Waals surface area contributed by atoms with Crippen molar-refractivity contribution in [1.82, 2.24) is 4.57 Å². The zero-order valence-electron chi connectivity index (χ0n) is 33.0. The molecule has 0 fully saturated rings. The first-order chi connectivity index (χ1) is 29.8. The van der Waals surface area contributed by atoms with E-state index in [0.717, 1.165) is 33.9 Å². The predicted molar refractivity (Wildman–Crippen MR) is 255 cm³/mol. The van der Waals surface area contributed by atoms with E-state index in [0.29, 0.717) is 0 Å². The molecule has 0 saturated carbocycles. The Labute approximate surface area is 350 Å². The molecule has 11 aromatic rings. The predicted octanol–water partition coefficient (Wildman–Crippen LogP) is 16.1. The summed E-state index contributed by atoms with van der Waals surface area (Å²) >= 11 is 0. The van der Waals surface area contributed by atoms with Gasteiger partial charge in [-0.05, 0) is 105 Å². The second-order valence-corrected chi connectivity index (χ2v) is 15.3. The lowest BCUT2D eigenvalue weighted by molar-refractivity contribution is 1.18. The van der Waals surface area contributed by atoms with Crippen LogP contribution < -0.4 is 4.90 Å². The Morgan fingerprint density at radius 2 is 0.783 bits per heavy atom. The maximum absolute atomic E-state index is 2.47. The molecule has 2 nitrogen and oxygen atoms in total. The van der Waals surface area contributed by atoms with Gasteiger partial charge in [0.25, 0.3) is 0 Å². The molecule has 0 aliphatic heterocycles. The van der Waals surface area contributed by atoms with E-state index in [9.17, 15) is 0 Å². The molecule has 282 valence electrons. The molecule has 10 aromatic carbocycles. The minimum absolute atomic E-state index is 1.09. The average Bonchev–Trinajstić information content (AvgIpc) is 3.67. The van der Waals surface area contributed by atoms with Gasteiger partial charge in [-0.25, -0.2) is 0 Å². The highest BCUT2D eigenvalue weighted by atomic mass is 15.1. The molecule has 0 aliphatic rings.